The number of carbonyl (C=O) groups is 1. The van der Waals surface area contributed by atoms with Crippen molar-refractivity contribution in [3.8, 4) is 6.07 Å². The number of hydrogen-bond acceptors (Lipinski definition) is 5. The molecule has 0 aliphatic rings. The quantitative estimate of drug-likeness (QED) is 0.733. The van der Waals surface area contributed by atoms with E-state index >= 15 is 0 Å². The van der Waals surface area contributed by atoms with Gasteiger partial charge in [0.15, 0.2) is 0 Å². The highest BCUT2D eigenvalue weighted by atomic mass is 32.1. The van der Waals surface area contributed by atoms with E-state index in [2.05, 4.69) is 4.98 Å². The van der Waals surface area contributed by atoms with Crippen molar-refractivity contribution < 1.29 is 9.21 Å². The zero-order valence-corrected chi connectivity index (χ0v) is 13.2. The average molecular weight is 323 g/mol. The van der Waals surface area contributed by atoms with Gasteiger partial charge in [-0.1, -0.05) is 0 Å². The summed E-state index contributed by atoms with van der Waals surface area (Å²) in [6.07, 6.45) is 3.30. The molecular weight excluding hydrogens is 310 g/mol. The highest BCUT2D eigenvalue weighted by molar-refractivity contribution is 7.07. The summed E-state index contributed by atoms with van der Waals surface area (Å²) in [6, 6.07) is 8.99. The molecule has 5 nitrogen and oxygen atoms in total. The first-order valence-corrected chi connectivity index (χ1v) is 7.87. The van der Waals surface area contributed by atoms with Crippen LogP contribution in [-0.4, -0.2) is 10.9 Å². The van der Waals surface area contributed by atoms with Gasteiger partial charge in [-0.15, -0.1) is 0 Å². The zero-order valence-electron chi connectivity index (χ0n) is 12.4. The molecule has 0 fully saturated rings. The third-order valence-corrected chi connectivity index (χ3v) is 4.11. The molecule has 0 saturated heterocycles. The van der Waals surface area contributed by atoms with Crippen LogP contribution >= 0.6 is 11.3 Å². The highest BCUT2D eigenvalue weighted by Crippen LogP contribution is 2.23. The third-order valence-electron chi connectivity index (χ3n) is 3.38. The minimum atomic E-state index is -0.216. The zero-order chi connectivity index (χ0) is 16.2. The van der Waals surface area contributed by atoms with E-state index in [4.69, 9.17) is 9.68 Å². The largest absolute Gasteiger partial charge is 0.450 e. The monoisotopic (exact) mass is 323 g/mol. The van der Waals surface area contributed by atoms with Crippen molar-refractivity contribution in [2.45, 2.75) is 13.5 Å². The van der Waals surface area contributed by atoms with Gasteiger partial charge in [0.2, 0.25) is 5.76 Å². The molecule has 114 valence electrons. The van der Waals surface area contributed by atoms with Crippen molar-refractivity contribution >= 4 is 22.9 Å². The van der Waals surface area contributed by atoms with Gasteiger partial charge in [-0.2, -0.15) is 16.6 Å². The standard InChI is InChI=1S/C17H13N3O2S/c1-12-16(7-15(8-18)22-12)17(21)20(10-13-4-6-23-11-13)14-3-2-5-19-9-14/h2-7,9,11H,10H2,1H3. The van der Waals surface area contributed by atoms with Crippen molar-refractivity contribution in [2.75, 3.05) is 4.90 Å². The van der Waals surface area contributed by atoms with Crippen LogP contribution in [0, 0.1) is 18.3 Å². The summed E-state index contributed by atoms with van der Waals surface area (Å²) >= 11 is 1.58. The Morgan fingerprint density at radius 1 is 1.48 bits per heavy atom. The molecule has 0 bridgehead atoms. The minimum Gasteiger partial charge on any atom is -0.450 e. The van der Waals surface area contributed by atoms with Crippen LogP contribution in [0.25, 0.3) is 0 Å². The van der Waals surface area contributed by atoms with Crippen LogP contribution in [0.1, 0.15) is 27.4 Å². The molecule has 3 rings (SSSR count). The maximum atomic E-state index is 13.0. The molecule has 1 amide bonds. The Balaban J connectivity index is 1.99. The van der Waals surface area contributed by atoms with E-state index in [0.717, 1.165) is 5.56 Å². The van der Waals surface area contributed by atoms with E-state index in [0.29, 0.717) is 23.6 Å². The summed E-state index contributed by atoms with van der Waals surface area (Å²) in [5, 5.41) is 12.9. The Kier molecular flexibility index (Phi) is 4.22. The van der Waals surface area contributed by atoms with Crippen LogP contribution in [0.3, 0.4) is 0 Å². The second-order valence-corrected chi connectivity index (χ2v) is 5.71. The SMILES string of the molecule is Cc1oc(C#N)cc1C(=O)N(Cc1ccsc1)c1cccnc1. The Labute approximate surface area is 137 Å². The van der Waals surface area contributed by atoms with Crippen molar-refractivity contribution in [1.29, 1.82) is 5.26 Å². The number of furan rings is 1. The van der Waals surface area contributed by atoms with Crippen LogP contribution in [0.15, 0.2) is 51.8 Å². The number of nitrogens with zero attached hydrogens (tertiary/aromatic N) is 3. The number of aromatic nitrogens is 1. The molecule has 0 atom stereocenters. The van der Waals surface area contributed by atoms with Crippen LogP contribution in [0.4, 0.5) is 5.69 Å². The molecule has 0 aliphatic carbocycles. The molecule has 0 N–H and O–H groups in total. The summed E-state index contributed by atoms with van der Waals surface area (Å²) in [6.45, 7) is 2.11. The molecule has 6 heteroatoms. The van der Waals surface area contributed by atoms with E-state index in [-0.39, 0.29) is 11.7 Å². The summed E-state index contributed by atoms with van der Waals surface area (Å²) in [7, 11) is 0. The molecule has 3 aromatic heterocycles. The molecule has 0 saturated carbocycles. The smallest absolute Gasteiger partial charge is 0.262 e. The fraction of sp³-hybridized carbons (Fsp3) is 0.118. The number of aryl methyl sites for hydroxylation is 1. The van der Waals surface area contributed by atoms with Gasteiger partial charge in [-0.25, -0.2) is 0 Å². The van der Waals surface area contributed by atoms with Crippen LogP contribution in [-0.2, 0) is 6.54 Å². The number of hydrogen-bond donors (Lipinski definition) is 0. The fourth-order valence-corrected chi connectivity index (χ4v) is 2.91. The molecule has 0 aliphatic heterocycles. The van der Waals surface area contributed by atoms with Crippen molar-refractivity contribution in [2.24, 2.45) is 0 Å². The molecule has 0 unspecified atom stereocenters. The fourth-order valence-electron chi connectivity index (χ4n) is 2.25. The van der Waals surface area contributed by atoms with E-state index in [9.17, 15) is 4.79 Å². The number of thiophene rings is 1. The first-order chi connectivity index (χ1) is 11.2. The molecule has 0 radical (unpaired) electrons. The predicted octanol–water partition coefficient (Wildman–Crippen LogP) is 3.76. The van der Waals surface area contributed by atoms with Gasteiger partial charge in [0.05, 0.1) is 24.0 Å². The van der Waals surface area contributed by atoms with Crippen LogP contribution in [0.2, 0.25) is 0 Å². The lowest BCUT2D eigenvalue weighted by Gasteiger charge is -2.21. The Hall–Kier alpha value is -2.91. The van der Waals surface area contributed by atoms with E-state index in [1.165, 1.54) is 6.07 Å². The Bertz CT molecular complexity index is 848. The molecule has 23 heavy (non-hydrogen) atoms. The summed E-state index contributed by atoms with van der Waals surface area (Å²) < 4.78 is 5.28. The summed E-state index contributed by atoms with van der Waals surface area (Å²) in [5.41, 5.74) is 2.12. The van der Waals surface area contributed by atoms with Crippen molar-refractivity contribution in [3.05, 3.63) is 70.1 Å². The first kappa shape index (κ1) is 15.0. The minimum absolute atomic E-state index is 0.132. The van der Waals surface area contributed by atoms with Crippen molar-refractivity contribution in [1.82, 2.24) is 4.98 Å². The summed E-state index contributed by atoms with van der Waals surface area (Å²) in [4.78, 5) is 18.7. The van der Waals surface area contributed by atoms with E-state index in [1.54, 1.807) is 41.6 Å². The molecule has 3 aromatic rings. The normalized spacial score (nSPS) is 10.3. The lowest BCUT2D eigenvalue weighted by Crippen LogP contribution is -2.30. The predicted molar refractivity (Wildman–Crippen MR) is 87.2 cm³/mol. The highest BCUT2D eigenvalue weighted by Gasteiger charge is 2.23. The molecule has 0 aromatic carbocycles. The first-order valence-electron chi connectivity index (χ1n) is 6.92. The van der Waals surface area contributed by atoms with Gasteiger partial charge < -0.3 is 9.32 Å². The lowest BCUT2D eigenvalue weighted by molar-refractivity contribution is 0.0983. The maximum Gasteiger partial charge on any atom is 0.262 e. The number of amides is 1. The van der Waals surface area contributed by atoms with Gasteiger partial charge in [0.1, 0.15) is 11.8 Å². The average Bonchev–Trinajstić information content (AvgIpc) is 3.22. The Morgan fingerprint density at radius 2 is 2.35 bits per heavy atom. The Morgan fingerprint density at radius 3 is 2.96 bits per heavy atom. The maximum absolute atomic E-state index is 13.0. The number of pyridine rings is 1. The van der Waals surface area contributed by atoms with Crippen LogP contribution < -0.4 is 4.90 Å². The second kappa shape index (κ2) is 6.46. The van der Waals surface area contributed by atoms with Gasteiger partial charge >= 0.3 is 0 Å². The topological polar surface area (TPSA) is 70.1 Å². The lowest BCUT2D eigenvalue weighted by atomic mass is 10.2. The second-order valence-electron chi connectivity index (χ2n) is 4.93. The van der Waals surface area contributed by atoms with Crippen LogP contribution in [0.5, 0.6) is 0 Å². The van der Waals surface area contributed by atoms with Gasteiger partial charge in [-0.3, -0.25) is 9.78 Å². The number of rotatable bonds is 4. The molecule has 3 heterocycles. The third kappa shape index (κ3) is 3.15. The molecule has 0 spiro atoms. The van der Waals surface area contributed by atoms with Gasteiger partial charge in [0.25, 0.3) is 5.91 Å². The molecular formula is C17H13N3O2S. The summed E-state index contributed by atoms with van der Waals surface area (Å²) in [5.74, 6) is 0.352. The number of anilines is 1. The number of nitriles is 1. The number of carbonyl (C=O) groups excluding carboxylic acids is 1. The van der Waals surface area contributed by atoms with Gasteiger partial charge in [-0.05, 0) is 41.4 Å². The van der Waals surface area contributed by atoms with Crippen molar-refractivity contribution in [3.63, 3.8) is 0 Å². The van der Waals surface area contributed by atoms with E-state index < -0.39 is 0 Å². The van der Waals surface area contributed by atoms with E-state index in [1.807, 2.05) is 29.0 Å². The van der Waals surface area contributed by atoms with Gasteiger partial charge in [0, 0.05) is 12.3 Å².